The van der Waals surface area contributed by atoms with Crippen LogP contribution < -0.4 is 0 Å². The molecule has 0 unspecified atom stereocenters. The number of imidazole rings is 1. The Morgan fingerprint density at radius 3 is 2.38 bits per heavy atom. The maximum absolute atomic E-state index is 12.6. The Balaban J connectivity index is 1.61. The second-order valence-corrected chi connectivity index (χ2v) is 7.75. The maximum atomic E-state index is 12.6. The third-order valence-corrected chi connectivity index (χ3v) is 4.78. The van der Waals surface area contributed by atoms with Crippen LogP contribution in [0.3, 0.4) is 0 Å². The van der Waals surface area contributed by atoms with Crippen molar-refractivity contribution in [3.8, 4) is 0 Å². The Morgan fingerprint density at radius 2 is 1.79 bits per heavy atom. The molecule has 1 aliphatic rings. The van der Waals surface area contributed by atoms with Crippen LogP contribution in [0.4, 0.5) is 4.79 Å². The van der Waals surface area contributed by atoms with Crippen molar-refractivity contribution >= 4 is 28.3 Å². The minimum Gasteiger partial charge on any atom is -0.444 e. The molecule has 3 rings (SSSR count). The Labute approximate surface area is 144 Å². The van der Waals surface area contributed by atoms with Gasteiger partial charge in [-0.15, -0.1) is 11.3 Å². The number of nitrogens with zero attached hydrogens (tertiary/aromatic N) is 4. The number of hydrogen-bond donors (Lipinski definition) is 0. The number of carbonyl (C=O) groups excluding carboxylic acids is 2. The van der Waals surface area contributed by atoms with Crippen LogP contribution in [0.5, 0.6) is 0 Å². The van der Waals surface area contributed by atoms with Gasteiger partial charge in [0.2, 0.25) is 0 Å². The highest BCUT2D eigenvalue weighted by Crippen LogP contribution is 2.18. The Morgan fingerprint density at radius 1 is 1.17 bits per heavy atom. The molecule has 1 aliphatic heterocycles. The van der Waals surface area contributed by atoms with Gasteiger partial charge in [-0.3, -0.25) is 9.20 Å². The highest BCUT2D eigenvalue weighted by molar-refractivity contribution is 7.15. The summed E-state index contributed by atoms with van der Waals surface area (Å²) in [7, 11) is 0. The van der Waals surface area contributed by atoms with Crippen LogP contribution in [0, 0.1) is 6.92 Å². The molecule has 0 atom stereocenters. The smallest absolute Gasteiger partial charge is 0.410 e. The van der Waals surface area contributed by atoms with E-state index in [1.54, 1.807) is 16.0 Å². The van der Waals surface area contributed by atoms with Gasteiger partial charge in [0.1, 0.15) is 11.3 Å². The van der Waals surface area contributed by atoms with Gasteiger partial charge in [0.15, 0.2) is 4.96 Å². The summed E-state index contributed by atoms with van der Waals surface area (Å²) in [4.78, 5) is 33.3. The molecule has 3 heterocycles. The summed E-state index contributed by atoms with van der Waals surface area (Å²) in [6.45, 7) is 9.44. The fraction of sp³-hybridized carbons (Fsp3) is 0.562. The highest BCUT2D eigenvalue weighted by Gasteiger charge is 2.29. The SMILES string of the molecule is Cc1csc2nc(C(=O)N3CCN(C(=O)OC(C)(C)C)CC3)cn12. The average molecular weight is 350 g/mol. The molecule has 0 aromatic carbocycles. The van der Waals surface area contributed by atoms with E-state index in [9.17, 15) is 9.59 Å². The molecule has 0 radical (unpaired) electrons. The molecule has 2 aromatic rings. The van der Waals surface area contributed by atoms with E-state index in [4.69, 9.17) is 4.74 Å². The van der Waals surface area contributed by atoms with Gasteiger partial charge in [-0.25, -0.2) is 9.78 Å². The van der Waals surface area contributed by atoms with Gasteiger partial charge in [0.25, 0.3) is 5.91 Å². The third-order valence-electron chi connectivity index (χ3n) is 3.83. The summed E-state index contributed by atoms with van der Waals surface area (Å²) in [6, 6.07) is 0. The summed E-state index contributed by atoms with van der Waals surface area (Å²) in [5.74, 6) is -0.0888. The zero-order valence-corrected chi connectivity index (χ0v) is 15.2. The van der Waals surface area contributed by atoms with E-state index in [0.29, 0.717) is 31.9 Å². The number of carbonyl (C=O) groups is 2. The molecule has 0 aliphatic carbocycles. The van der Waals surface area contributed by atoms with Crippen LogP contribution in [0.1, 0.15) is 37.0 Å². The van der Waals surface area contributed by atoms with E-state index in [2.05, 4.69) is 4.98 Å². The van der Waals surface area contributed by atoms with Gasteiger partial charge in [-0.1, -0.05) is 0 Å². The summed E-state index contributed by atoms with van der Waals surface area (Å²) in [6.07, 6.45) is 1.46. The van der Waals surface area contributed by atoms with Crippen molar-refractivity contribution in [3.63, 3.8) is 0 Å². The summed E-state index contributed by atoms with van der Waals surface area (Å²) < 4.78 is 7.29. The van der Waals surface area contributed by atoms with Gasteiger partial charge in [-0.05, 0) is 27.7 Å². The first-order valence-corrected chi connectivity index (χ1v) is 8.83. The highest BCUT2D eigenvalue weighted by atomic mass is 32.1. The molecule has 24 heavy (non-hydrogen) atoms. The van der Waals surface area contributed by atoms with E-state index >= 15 is 0 Å². The molecule has 0 N–H and O–H groups in total. The zero-order chi connectivity index (χ0) is 17.5. The lowest BCUT2D eigenvalue weighted by atomic mass is 10.2. The first-order valence-electron chi connectivity index (χ1n) is 7.95. The van der Waals surface area contributed by atoms with Gasteiger partial charge in [0.05, 0.1) is 0 Å². The lowest BCUT2D eigenvalue weighted by molar-refractivity contribution is 0.0140. The zero-order valence-electron chi connectivity index (χ0n) is 14.4. The monoisotopic (exact) mass is 350 g/mol. The maximum Gasteiger partial charge on any atom is 0.410 e. The molecule has 7 nitrogen and oxygen atoms in total. The number of ether oxygens (including phenoxy) is 1. The number of amides is 2. The van der Waals surface area contributed by atoms with Gasteiger partial charge in [-0.2, -0.15) is 0 Å². The van der Waals surface area contributed by atoms with Gasteiger partial charge < -0.3 is 14.5 Å². The fourth-order valence-electron chi connectivity index (χ4n) is 2.58. The van der Waals surface area contributed by atoms with Crippen molar-refractivity contribution in [1.82, 2.24) is 19.2 Å². The van der Waals surface area contributed by atoms with Crippen LogP contribution in [0.25, 0.3) is 4.96 Å². The van der Waals surface area contributed by atoms with Crippen LogP contribution in [-0.4, -0.2) is 63.0 Å². The second kappa shape index (κ2) is 6.08. The topological polar surface area (TPSA) is 67.2 Å². The molecular weight excluding hydrogens is 328 g/mol. The number of aromatic nitrogens is 2. The molecule has 0 bridgehead atoms. The minimum absolute atomic E-state index is 0.0888. The molecule has 1 saturated heterocycles. The lowest BCUT2D eigenvalue weighted by Gasteiger charge is -2.35. The molecule has 2 amide bonds. The fourth-order valence-corrected chi connectivity index (χ4v) is 3.43. The Bertz CT molecular complexity index is 766. The minimum atomic E-state index is -0.510. The molecular formula is C16H22N4O3S. The first-order chi connectivity index (χ1) is 11.2. The Hall–Kier alpha value is -2.09. The van der Waals surface area contributed by atoms with Crippen molar-refractivity contribution < 1.29 is 14.3 Å². The van der Waals surface area contributed by atoms with Crippen molar-refractivity contribution in [2.24, 2.45) is 0 Å². The summed E-state index contributed by atoms with van der Waals surface area (Å²) in [5.41, 5.74) is 1.01. The van der Waals surface area contributed by atoms with Crippen LogP contribution in [0.2, 0.25) is 0 Å². The number of thiazole rings is 1. The van der Waals surface area contributed by atoms with Crippen LogP contribution in [-0.2, 0) is 4.74 Å². The van der Waals surface area contributed by atoms with Crippen LogP contribution in [0.15, 0.2) is 11.6 Å². The van der Waals surface area contributed by atoms with Crippen molar-refractivity contribution in [1.29, 1.82) is 0 Å². The largest absolute Gasteiger partial charge is 0.444 e. The normalized spacial score (nSPS) is 15.8. The van der Waals surface area contributed by atoms with E-state index in [0.717, 1.165) is 10.7 Å². The van der Waals surface area contributed by atoms with E-state index in [1.807, 2.05) is 37.5 Å². The third kappa shape index (κ3) is 3.38. The molecule has 0 saturated carbocycles. The number of fused-ring (bicyclic) bond motifs is 1. The standard InChI is InChI=1S/C16H22N4O3S/c1-11-10-24-14-17-12(9-20(11)14)13(21)18-5-7-19(8-6-18)15(22)23-16(2,3)4/h9-10H,5-8H2,1-4H3. The molecule has 8 heteroatoms. The molecule has 2 aromatic heterocycles. The Kier molecular flexibility index (Phi) is 4.25. The van der Waals surface area contributed by atoms with Crippen molar-refractivity contribution in [2.45, 2.75) is 33.3 Å². The number of piperazine rings is 1. The predicted octanol–water partition coefficient (Wildman–Crippen LogP) is 2.40. The molecule has 1 fully saturated rings. The van der Waals surface area contributed by atoms with Crippen molar-refractivity contribution in [2.75, 3.05) is 26.2 Å². The number of hydrogen-bond acceptors (Lipinski definition) is 5. The van der Waals surface area contributed by atoms with Gasteiger partial charge in [0, 0.05) is 43.4 Å². The lowest BCUT2D eigenvalue weighted by Crippen LogP contribution is -2.51. The average Bonchev–Trinajstić information content (AvgIpc) is 3.07. The summed E-state index contributed by atoms with van der Waals surface area (Å²) >= 11 is 1.52. The van der Waals surface area contributed by atoms with E-state index < -0.39 is 5.60 Å². The molecule has 0 spiro atoms. The first kappa shape index (κ1) is 16.8. The quantitative estimate of drug-likeness (QED) is 0.792. The second-order valence-electron chi connectivity index (χ2n) is 6.92. The summed E-state index contributed by atoms with van der Waals surface area (Å²) in [5, 5.41) is 2.01. The molecule has 130 valence electrons. The number of aryl methyl sites for hydroxylation is 1. The van der Waals surface area contributed by atoms with E-state index in [-0.39, 0.29) is 12.0 Å². The van der Waals surface area contributed by atoms with E-state index in [1.165, 1.54) is 11.3 Å². The van der Waals surface area contributed by atoms with Crippen molar-refractivity contribution in [3.05, 3.63) is 23.0 Å². The predicted molar refractivity (Wildman–Crippen MR) is 91.5 cm³/mol. The van der Waals surface area contributed by atoms with Crippen LogP contribution >= 0.6 is 11.3 Å². The number of rotatable bonds is 1. The van der Waals surface area contributed by atoms with Gasteiger partial charge >= 0.3 is 6.09 Å².